The summed E-state index contributed by atoms with van der Waals surface area (Å²) in [4.78, 5) is 5.12. The van der Waals surface area contributed by atoms with E-state index in [1.54, 1.807) is 0 Å². The summed E-state index contributed by atoms with van der Waals surface area (Å²) in [5.74, 6) is 4.38. The molecule has 0 amide bonds. The van der Waals surface area contributed by atoms with Crippen molar-refractivity contribution in [3.8, 4) is 11.1 Å². The van der Waals surface area contributed by atoms with Crippen molar-refractivity contribution in [3.05, 3.63) is 69.3 Å². The maximum absolute atomic E-state index is 6.24. The second-order valence-corrected chi connectivity index (χ2v) is 10.4. The molecule has 0 spiro atoms. The van der Waals surface area contributed by atoms with Crippen molar-refractivity contribution < 1.29 is 4.52 Å². The highest BCUT2D eigenvalue weighted by Gasteiger charge is 2.22. The van der Waals surface area contributed by atoms with Crippen molar-refractivity contribution in [1.29, 1.82) is 0 Å². The van der Waals surface area contributed by atoms with E-state index in [4.69, 9.17) is 32.7 Å². The standard InChI is InChI=1S/C25H25Cl2N3OS/c1-15-25(16(2)31-29-15)18-5-7-23-22(14-18)28-24(30(23)19-9-11-32-12-10-19)8-4-17-3-6-20(26)21(27)13-17/h3,5-7,13-14,19H,4,8-12H2,1-2H3. The normalized spacial score (nSPS) is 15.0. The average molecular weight is 486 g/mol. The Morgan fingerprint density at radius 3 is 2.56 bits per heavy atom. The SMILES string of the molecule is Cc1noc(C)c1-c1ccc2c(c1)nc(CCc1ccc(Cl)c(Cl)c1)n2C1CCSCC1. The van der Waals surface area contributed by atoms with Gasteiger partial charge in [0.2, 0.25) is 0 Å². The fourth-order valence-electron chi connectivity index (χ4n) is 4.68. The summed E-state index contributed by atoms with van der Waals surface area (Å²) in [6.07, 6.45) is 4.10. The molecule has 0 unspecified atom stereocenters. The second kappa shape index (κ2) is 9.12. The first-order chi connectivity index (χ1) is 15.5. The minimum absolute atomic E-state index is 0.495. The van der Waals surface area contributed by atoms with Crippen LogP contribution in [0.4, 0.5) is 0 Å². The first-order valence-electron chi connectivity index (χ1n) is 11.0. The molecule has 0 radical (unpaired) electrons. The molecule has 166 valence electrons. The van der Waals surface area contributed by atoms with Crippen LogP contribution in [-0.2, 0) is 12.8 Å². The number of nitrogens with zero attached hydrogens (tertiary/aromatic N) is 3. The highest BCUT2D eigenvalue weighted by atomic mass is 35.5. The van der Waals surface area contributed by atoms with Gasteiger partial charge in [-0.2, -0.15) is 11.8 Å². The van der Waals surface area contributed by atoms with Gasteiger partial charge < -0.3 is 9.09 Å². The van der Waals surface area contributed by atoms with Gasteiger partial charge >= 0.3 is 0 Å². The van der Waals surface area contributed by atoms with Gasteiger partial charge in [0.05, 0.1) is 26.8 Å². The molecule has 7 heteroatoms. The minimum atomic E-state index is 0.495. The third kappa shape index (κ3) is 4.18. The van der Waals surface area contributed by atoms with Crippen LogP contribution < -0.4 is 0 Å². The van der Waals surface area contributed by atoms with Crippen molar-refractivity contribution in [1.82, 2.24) is 14.7 Å². The van der Waals surface area contributed by atoms with Crippen molar-refractivity contribution >= 4 is 46.0 Å². The highest BCUT2D eigenvalue weighted by Crippen LogP contribution is 2.35. The number of fused-ring (bicyclic) bond motifs is 1. The largest absolute Gasteiger partial charge is 0.361 e. The van der Waals surface area contributed by atoms with E-state index >= 15 is 0 Å². The number of hydrogen-bond acceptors (Lipinski definition) is 4. The molecule has 5 rings (SSSR count). The Balaban J connectivity index is 1.54. The van der Waals surface area contributed by atoms with Crippen LogP contribution in [0.5, 0.6) is 0 Å². The molecular formula is C25H25Cl2N3OS. The number of aromatic nitrogens is 3. The van der Waals surface area contributed by atoms with E-state index in [1.807, 2.05) is 43.8 Å². The Kier molecular flexibility index (Phi) is 6.24. The summed E-state index contributed by atoms with van der Waals surface area (Å²) in [6, 6.07) is 12.9. The van der Waals surface area contributed by atoms with E-state index in [2.05, 4.69) is 27.9 Å². The monoisotopic (exact) mass is 485 g/mol. The fourth-order valence-corrected chi connectivity index (χ4v) is 6.08. The summed E-state index contributed by atoms with van der Waals surface area (Å²) in [7, 11) is 0. The predicted molar refractivity (Wildman–Crippen MR) is 134 cm³/mol. The topological polar surface area (TPSA) is 43.9 Å². The van der Waals surface area contributed by atoms with Crippen molar-refractivity contribution in [2.45, 2.75) is 45.6 Å². The molecule has 2 aromatic heterocycles. The number of benzene rings is 2. The molecule has 0 saturated carbocycles. The Morgan fingerprint density at radius 1 is 1.03 bits per heavy atom. The lowest BCUT2D eigenvalue weighted by Crippen LogP contribution is -2.18. The molecule has 1 fully saturated rings. The summed E-state index contributed by atoms with van der Waals surface area (Å²) in [5.41, 5.74) is 6.49. The Bertz CT molecular complexity index is 1250. The van der Waals surface area contributed by atoms with Gasteiger partial charge in [-0.1, -0.05) is 40.5 Å². The quantitative estimate of drug-likeness (QED) is 0.294. The Morgan fingerprint density at radius 2 is 1.84 bits per heavy atom. The van der Waals surface area contributed by atoms with Crippen LogP contribution in [0.2, 0.25) is 10.0 Å². The van der Waals surface area contributed by atoms with E-state index in [9.17, 15) is 0 Å². The third-order valence-electron chi connectivity index (χ3n) is 6.26. The molecule has 4 aromatic rings. The van der Waals surface area contributed by atoms with E-state index < -0.39 is 0 Å². The molecule has 32 heavy (non-hydrogen) atoms. The van der Waals surface area contributed by atoms with Gasteiger partial charge in [-0.05, 0) is 80.0 Å². The molecule has 0 N–H and O–H groups in total. The second-order valence-electron chi connectivity index (χ2n) is 8.39. The predicted octanol–water partition coefficient (Wildman–Crippen LogP) is 7.47. The van der Waals surface area contributed by atoms with Crippen molar-refractivity contribution in [2.24, 2.45) is 0 Å². The van der Waals surface area contributed by atoms with E-state index in [1.165, 1.54) is 35.4 Å². The van der Waals surface area contributed by atoms with Crippen LogP contribution in [-0.4, -0.2) is 26.2 Å². The first kappa shape index (κ1) is 21.9. The lowest BCUT2D eigenvalue weighted by Gasteiger charge is -2.25. The highest BCUT2D eigenvalue weighted by molar-refractivity contribution is 7.99. The zero-order valence-corrected chi connectivity index (χ0v) is 20.5. The number of rotatable bonds is 5. The minimum Gasteiger partial charge on any atom is -0.361 e. The molecular weight excluding hydrogens is 461 g/mol. The Hall–Kier alpha value is -1.95. The van der Waals surface area contributed by atoms with E-state index in [0.29, 0.717) is 16.1 Å². The van der Waals surface area contributed by atoms with Gasteiger partial charge in [0.1, 0.15) is 11.6 Å². The number of halogens is 2. The van der Waals surface area contributed by atoms with Crippen LogP contribution in [0.25, 0.3) is 22.2 Å². The number of thioether (sulfide) groups is 1. The Labute approximate surface area is 202 Å². The summed E-state index contributed by atoms with van der Waals surface area (Å²) in [5, 5.41) is 5.32. The van der Waals surface area contributed by atoms with Crippen LogP contribution in [0.3, 0.4) is 0 Å². The van der Waals surface area contributed by atoms with Gasteiger partial charge in [0, 0.05) is 18.0 Å². The molecule has 0 atom stereocenters. The van der Waals surface area contributed by atoms with Gasteiger partial charge in [-0.3, -0.25) is 0 Å². The van der Waals surface area contributed by atoms with Gasteiger partial charge in [0.15, 0.2) is 0 Å². The molecule has 4 nitrogen and oxygen atoms in total. The van der Waals surface area contributed by atoms with E-state index in [-0.39, 0.29) is 0 Å². The van der Waals surface area contributed by atoms with Gasteiger partial charge in [0.25, 0.3) is 0 Å². The zero-order chi connectivity index (χ0) is 22.2. The molecule has 3 heterocycles. The molecule has 1 aliphatic heterocycles. The molecule has 1 aliphatic rings. The molecule has 1 saturated heterocycles. The molecule has 2 aromatic carbocycles. The van der Waals surface area contributed by atoms with E-state index in [0.717, 1.165) is 46.8 Å². The van der Waals surface area contributed by atoms with Gasteiger partial charge in [-0.15, -0.1) is 0 Å². The van der Waals surface area contributed by atoms with Crippen LogP contribution in [0.15, 0.2) is 40.9 Å². The molecule has 0 aliphatic carbocycles. The zero-order valence-electron chi connectivity index (χ0n) is 18.2. The van der Waals surface area contributed by atoms with Crippen molar-refractivity contribution in [3.63, 3.8) is 0 Å². The number of imidazole rings is 1. The number of aryl methyl sites for hydroxylation is 4. The van der Waals surface area contributed by atoms with Crippen LogP contribution in [0, 0.1) is 13.8 Å². The number of hydrogen-bond donors (Lipinski definition) is 0. The third-order valence-corrected chi connectivity index (χ3v) is 8.05. The summed E-state index contributed by atoms with van der Waals surface area (Å²) >= 11 is 14.4. The smallest absolute Gasteiger partial charge is 0.141 e. The fraction of sp³-hybridized carbons (Fsp3) is 0.360. The lowest BCUT2D eigenvalue weighted by atomic mass is 10.0. The van der Waals surface area contributed by atoms with Crippen molar-refractivity contribution in [2.75, 3.05) is 11.5 Å². The first-order valence-corrected chi connectivity index (χ1v) is 12.9. The molecule has 0 bridgehead atoms. The summed E-state index contributed by atoms with van der Waals surface area (Å²) < 4.78 is 7.88. The van der Waals surface area contributed by atoms with Gasteiger partial charge in [-0.25, -0.2) is 4.98 Å². The van der Waals surface area contributed by atoms with Crippen LogP contribution >= 0.6 is 35.0 Å². The maximum atomic E-state index is 6.24. The average Bonchev–Trinajstić information content (AvgIpc) is 3.33. The summed E-state index contributed by atoms with van der Waals surface area (Å²) in [6.45, 7) is 3.94. The lowest BCUT2D eigenvalue weighted by molar-refractivity contribution is 0.393. The maximum Gasteiger partial charge on any atom is 0.141 e. The van der Waals surface area contributed by atoms with Crippen LogP contribution in [0.1, 0.15) is 41.7 Å².